The van der Waals surface area contributed by atoms with E-state index in [4.69, 9.17) is 50.1 Å². The van der Waals surface area contributed by atoms with Crippen molar-refractivity contribution in [3.63, 3.8) is 0 Å². The van der Waals surface area contributed by atoms with E-state index in [0.29, 0.717) is 65.9 Å². The Balaban J connectivity index is 1.30. The van der Waals surface area contributed by atoms with E-state index in [9.17, 15) is 81.2 Å². The Morgan fingerprint density at radius 3 is 1.97 bits per heavy atom. The van der Waals surface area contributed by atoms with Crippen molar-refractivity contribution in [3.05, 3.63) is 100 Å². The van der Waals surface area contributed by atoms with Gasteiger partial charge in [0.15, 0.2) is 6.10 Å². The van der Waals surface area contributed by atoms with E-state index >= 15 is 0 Å². The zero-order valence-electron chi connectivity index (χ0n) is 73.2. The van der Waals surface area contributed by atoms with Crippen LogP contribution in [0.1, 0.15) is 210 Å². The van der Waals surface area contributed by atoms with Crippen LogP contribution >= 0.6 is 27.2 Å². The monoisotopic (exact) mass is 1790 g/mol. The summed E-state index contributed by atoms with van der Waals surface area (Å²) in [5, 5.41) is 21.7. The predicted molar refractivity (Wildman–Crippen MR) is 458 cm³/mol. The van der Waals surface area contributed by atoms with Gasteiger partial charge in [-0.1, -0.05) is 128 Å². The molecule has 14 atom stereocenters. The number of carbonyl (C=O) groups is 13. The number of benzene rings is 2. The van der Waals surface area contributed by atoms with Crippen LogP contribution in [0.2, 0.25) is 5.02 Å². The lowest BCUT2D eigenvalue weighted by Crippen LogP contribution is -2.57. The molecule has 1 aliphatic heterocycles. The maximum Gasteiger partial charge on any atom is 0.481 e. The number of amides is 11. The third kappa shape index (κ3) is 40.1. The van der Waals surface area contributed by atoms with Gasteiger partial charge in [0.05, 0.1) is 19.8 Å². The lowest BCUT2D eigenvalue weighted by Gasteiger charge is -2.33. The predicted octanol–water partition coefficient (Wildman–Crippen LogP) is 10.3. The van der Waals surface area contributed by atoms with Gasteiger partial charge in [-0.15, -0.1) is 0 Å². The maximum atomic E-state index is 14.4. The number of rotatable bonds is 38. The molecule has 4 unspecified atom stereocenters. The van der Waals surface area contributed by atoms with Crippen molar-refractivity contribution in [1.82, 2.24) is 47.0 Å². The van der Waals surface area contributed by atoms with Gasteiger partial charge in [0.2, 0.25) is 35.4 Å². The van der Waals surface area contributed by atoms with Crippen LogP contribution in [0, 0.1) is 23.7 Å². The van der Waals surface area contributed by atoms with Crippen molar-refractivity contribution in [3.8, 4) is 0 Å². The first kappa shape index (κ1) is 106. The highest BCUT2D eigenvalue weighted by atomic mass is 35.5. The molecule has 36 nitrogen and oxygen atoms in total. The van der Waals surface area contributed by atoms with Crippen molar-refractivity contribution in [1.29, 1.82) is 0 Å². The molecule has 0 aromatic heterocycles. The van der Waals surface area contributed by atoms with E-state index in [-0.39, 0.29) is 114 Å². The fourth-order valence-corrected chi connectivity index (χ4v) is 15.3. The molecular formula is C84H130ClN11O25P2. The Labute approximate surface area is 726 Å². The van der Waals surface area contributed by atoms with Crippen LogP contribution in [-0.2, 0) is 107 Å². The van der Waals surface area contributed by atoms with E-state index in [1.54, 1.807) is 117 Å². The van der Waals surface area contributed by atoms with Gasteiger partial charge in [-0.25, -0.2) is 33.1 Å². The van der Waals surface area contributed by atoms with Crippen LogP contribution < -0.4 is 48.3 Å². The maximum absolute atomic E-state index is 14.4. The largest absolute Gasteiger partial charge is 0.481 e. The van der Waals surface area contributed by atoms with Crippen LogP contribution in [0.15, 0.2) is 84.0 Å². The molecule has 1 aliphatic carbocycles. The molecule has 11 amide bonds. The van der Waals surface area contributed by atoms with Crippen LogP contribution in [0.3, 0.4) is 0 Å². The standard InChI is InChI=1S/C84H130ClN11O25P2/c1-15-54(7)72-77(102)90-59(12)81(106)120-73(55(8)16-2)57(10)67(43-34-56(9)80(105)118-68(48-52(3)4)75(100)89-58(11)78(103)96(14)66(49-60-35-39-62(85)40-36-60)79(104)95(13)50-69(97)93-72)119-83(108)88-44-26-22-28-47-116-123(112,113)121-122(110,111)115-46-27-21-20-25-33-70(98)114-51-61-37-41-63(42-38-61)91-74(99)65(32-29-45-87-82(86)107)92-76(101)71(53(5)6)94-84(109)117-64-30-23-18-17-19-24-31-64/h16-18,34-42,52-54,57-59,64-68,71-73H,15,19-33,43-51H2,1-14H3,(H,88,108)(H,89,100)(H,90,102)(H,91,99)(H,92,101)(H,93,97)(H,94,109)(H,110,111)(H,112,113)(H3,86,87,107)/b18-17+,55-16+,56-34+/t54?,57-,58-,59+,64?,65+,66+,67-,68+,71+,72-,73+/m0/s1. The molecule has 39 heteroatoms. The number of cyclic esters (lactones) is 2. The molecule has 12 N–H and O–H groups in total. The Kier molecular flexibility index (Phi) is 47.0. The smallest absolute Gasteiger partial charge is 0.461 e. The molecule has 0 radical (unpaired) electrons. The van der Waals surface area contributed by atoms with E-state index < -0.39 is 173 Å². The number of urea groups is 1. The number of esters is 3. The van der Waals surface area contributed by atoms with Gasteiger partial charge in [0.25, 0.3) is 5.91 Å². The first-order valence-electron chi connectivity index (χ1n) is 42.0. The molecule has 0 spiro atoms. The number of halogens is 1. The second-order valence-corrected chi connectivity index (χ2v) is 35.3. The lowest BCUT2D eigenvalue weighted by atomic mass is 9.90. The number of primary amides is 1. The number of ether oxygens (including phenoxy) is 5. The zero-order valence-corrected chi connectivity index (χ0v) is 75.8. The summed E-state index contributed by atoms with van der Waals surface area (Å²) in [5.74, 6) is -9.19. The number of nitrogens with one attached hydrogen (secondary N) is 8. The Morgan fingerprint density at radius 2 is 1.34 bits per heavy atom. The quantitative estimate of drug-likeness (QED) is 0.00978. The number of hydrogen-bond donors (Lipinski definition) is 11. The lowest BCUT2D eigenvalue weighted by molar-refractivity contribution is -0.155. The SMILES string of the molecule is C/C=C(\C)[C@H]1OC(=O)[C@@H](C)NC(=O)[C@H](C(C)CC)NC(=O)CN(C)C(=O)[C@@H](Cc2ccc(Cl)cc2)N(C)C(=O)[C@H](C)NC(=O)[C@@H](CC(C)C)OC(=O)/C(C)=C/C[C@H](OC(=O)NCCCCCOP(=O)(O)OP(=O)(O)OCCCCCCC(=O)OCc2ccc(NC(=O)[C@@H](CCCNC(N)=O)NC(=O)[C@H](NC(=O)OC3CC/C=C/CCC3)C(C)C)cc2)[C@@H]1C. The van der Waals surface area contributed by atoms with Crippen molar-refractivity contribution in [2.24, 2.45) is 29.4 Å². The van der Waals surface area contributed by atoms with Gasteiger partial charge in [-0.3, -0.25) is 47.4 Å². The van der Waals surface area contributed by atoms with E-state index in [0.717, 1.165) is 29.1 Å². The van der Waals surface area contributed by atoms with Crippen molar-refractivity contribution < 1.29 is 118 Å². The number of hydrogen-bond acceptors (Lipinski definition) is 23. The summed E-state index contributed by atoms with van der Waals surface area (Å²) in [6.45, 7) is 18.4. The third-order valence-corrected chi connectivity index (χ3v) is 23.6. The molecule has 2 aromatic rings. The Bertz CT molecular complexity index is 4020. The number of anilines is 1. The number of allylic oxidation sites excluding steroid dienone is 3. The average Bonchev–Trinajstić information content (AvgIpc) is 0.846. The minimum atomic E-state index is -5.15. The van der Waals surface area contributed by atoms with Crippen LogP contribution in [0.4, 0.5) is 20.1 Å². The summed E-state index contributed by atoms with van der Waals surface area (Å²) >= 11 is 6.18. The molecule has 4 rings (SSSR count). The molecule has 123 heavy (non-hydrogen) atoms. The molecule has 688 valence electrons. The topological polar surface area (TPSA) is 499 Å². The number of phosphoric acid groups is 2. The molecular weight excluding hydrogens is 1660 g/mol. The Hall–Kier alpha value is -9.28. The normalized spacial score (nSPS) is 22.9. The summed E-state index contributed by atoms with van der Waals surface area (Å²) in [6, 6.07) is 5.06. The molecule has 0 saturated heterocycles. The summed E-state index contributed by atoms with van der Waals surface area (Å²) in [6.07, 6.45) is 8.02. The molecule has 1 heterocycles. The van der Waals surface area contributed by atoms with Gasteiger partial charge in [0, 0.05) is 68.6 Å². The van der Waals surface area contributed by atoms with Gasteiger partial charge in [-0.2, -0.15) is 4.31 Å². The van der Waals surface area contributed by atoms with Crippen LogP contribution in [0.5, 0.6) is 0 Å². The van der Waals surface area contributed by atoms with Crippen molar-refractivity contribution in [2.75, 3.05) is 52.3 Å². The number of alkyl carbamates (subject to hydrolysis) is 2. The van der Waals surface area contributed by atoms with Crippen molar-refractivity contribution >= 4 is 110 Å². The molecule has 0 bridgehead atoms. The molecule has 2 aliphatic rings. The molecule has 2 aromatic carbocycles. The number of nitrogens with two attached hydrogens (primary N) is 1. The number of unbranched alkanes of at least 4 members (excludes halogenated alkanes) is 5. The van der Waals surface area contributed by atoms with Crippen LogP contribution in [0.25, 0.3) is 0 Å². The fourth-order valence-electron chi connectivity index (χ4n) is 13.0. The Morgan fingerprint density at radius 1 is 0.724 bits per heavy atom. The van der Waals surface area contributed by atoms with Gasteiger partial charge in [0.1, 0.15) is 61.2 Å². The number of carbonyl (C=O) groups excluding carboxylic acids is 13. The van der Waals surface area contributed by atoms with Crippen molar-refractivity contribution in [2.45, 2.75) is 272 Å². The average molecular weight is 1790 g/mol. The second-order valence-electron chi connectivity index (χ2n) is 31.8. The second kappa shape index (κ2) is 54.5. The highest BCUT2D eigenvalue weighted by Crippen LogP contribution is 2.60. The zero-order chi connectivity index (χ0) is 91.7. The number of nitrogens with zero attached hydrogens (tertiary/aromatic N) is 2. The number of phosphoric ester groups is 2. The van der Waals surface area contributed by atoms with Crippen LogP contribution in [-0.4, -0.2) is 205 Å². The minimum Gasteiger partial charge on any atom is -0.461 e. The highest BCUT2D eigenvalue weighted by molar-refractivity contribution is 7.61. The van der Waals surface area contributed by atoms with Gasteiger partial charge >= 0.3 is 51.8 Å². The third-order valence-electron chi connectivity index (χ3n) is 20.6. The number of likely N-dealkylation sites (N-methyl/N-ethyl adjacent to an activating group) is 2. The summed E-state index contributed by atoms with van der Waals surface area (Å²) < 4.78 is 68.8. The highest BCUT2D eigenvalue weighted by Gasteiger charge is 2.40. The van der Waals surface area contributed by atoms with E-state index in [1.807, 2.05) is 0 Å². The van der Waals surface area contributed by atoms with Gasteiger partial charge in [-0.05, 0) is 177 Å². The first-order valence-corrected chi connectivity index (χ1v) is 45.4. The molecule has 0 saturated carbocycles. The van der Waals surface area contributed by atoms with E-state index in [2.05, 4.69) is 59.0 Å². The minimum absolute atomic E-state index is 0.0158. The summed E-state index contributed by atoms with van der Waals surface area (Å²) in [4.78, 5) is 200. The summed E-state index contributed by atoms with van der Waals surface area (Å²) in [5.41, 5.74) is 7.26. The first-order chi connectivity index (χ1) is 58.0. The van der Waals surface area contributed by atoms with Gasteiger partial charge < -0.3 is 91.5 Å². The van der Waals surface area contributed by atoms with E-state index in [1.165, 1.54) is 40.9 Å². The summed E-state index contributed by atoms with van der Waals surface area (Å²) in [7, 11) is -7.54. The molecule has 0 fully saturated rings. The fraction of sp³-hybridized carbons (Fsp3) is 0.631.